The zero-order valence-corrected chi connectivity index (χ0v) is 9.99. The molecular formula is C12H15N3O3. The van der Waals surface area contributed by atoms with Gasteiger partial charge >= 0.3 is 0 Å². The SMILES string of the molecule is [N-]=[N+]=NCCCOc1ccccc1C1COCO1. The van der Waals surface area contributed by atoms with Gasteiger partial charge in [-0.2, -0.15) is 0 Å². The van der Waals surface area contributed by atoms with E-state index in [9.17, 15) is 0 Å². The molecule has 18 heavy (non-hydrogen) atoms. The standard InChI is InChI=1S/C12H15N3O3/c13-15-14-6-3-7-17-11-5-2-1-4-10(11)12-8-16-9-18-12/h1-2,4-5,12H,3,6-9H2. The van der Waals surface area contributed by atoms with Crippen LogP contribution < -0.4 is 4.74 Å². The van der Waals surface area contributed by atoms with E-state index >= 15 is 0 Å². The lowest BCUT2D eigenvalue weighted by Gasteiger charge is -2.14. The summed E-state index contributed by atoms with van der Waals surface area (Å²) in [5.74, 6) is 0.800. The number of ether oxygens (including phenoxy) is 3. The van der Waals surface area contributed by atoms with Crippen LogP contribution in [0, 0.1) is 0 Å². The quantitative estimate of drug-likeness (QED) is 0.336. The summed E-state index contributed by atoms with van der Waals surface area (Å²) in [7, 11) is 0. The lowest BCUT2D eigenvalue weighted by molar-refractivity contribution is 0.0458. The summed E-state index contributed by atoms with van der Waals surface area (Å²) in [6, 6.07) is 7.75. The minimum absolute atomic E-state index is 0.0571. The molecule has 0 bridgehead atoms. The smallest absolute Gasteiger partial charge is 0.147 e. The number of rotatable bonds is 6. The van der Waals surface area contributed by atoms with E-state index < -0.39 is 0 Å². The zero-order valence-electron chi connectivity index (χ0n) is 9.99. The molecule has 1 saturated heterocycles. The Labute approximate surface area is 105 Å². The zero-order chi connectivity index (χ0) is 12.6. The van der Waals surface area contributed by atoms with Crippen molar-refractivity contribution in [1.82, 2.24) is 0 Å². The monoisotopic (exact) mass is 249 g/mol. The second kappa shape index (κ2) is 6.86. The van der Waals surface area contributed by atoms with Gasteiger partial charge in [0.25, 0.3) is 0 Å². The van der Waals surface area contributed by atoms with Crippen LogP contribution >= 0.6 is 0 Å². The van der Waals surface area contributed by atoms with Crippen molar-refractivity contribution in [1.29, 1.82) is 0 Å². The highest BCUT2D eigenvalue weighted by atomic mass is 16.7. The molecule has 0 saturated carbocycles. The Morgan fingerprint density at radius 2 is 2.33 bits per heavy atom. The van der Waals surface area contributed by atoms with Crippen LogP contribution in [0.5, 0.6) is 5.75 Å². The van der Waals surface area contributed by atoms with Crippen LogP contribution in [0.4, 0.5) is 0 Å². The highest BCUT2D eigenvalue weighted by Gasteiger charge is 2.21. The summed E-state index contributed by atoms with van der Waals surface area (Å²) in [5, 5.41) is 3.46. The first-order chi connectivity index (χ1) is 8.92. The summed E-state index contributed by atoms with van der Waals surface area (Å²) in [6.45, 7) is 1.85. The van der Waals surface area contributed by atoms with Crippen LogP contribution in [0.2, 0.25) is 0 Å². The lowest BCUT2D eigenvalue weighted by atomic mass is 10.1. The number of azide groups is 1. The maximum atomic E-state index is 8.16. The third kappa shape index (κ3) is 3.37. The van der Waals surface area contributed by atoms with E-state index in [1.54, 1.807) is 0 Å². The van der Waals surface area contributed by atoms with Crippen molar-refractivity contribution in [2.24, 2.45) is 5.11 Å². The van der Waals surface area contributed by atoms with Crippen LogP contribution in [0.25, 0.3) is 10.4 Å². The van der Waals surface area contributed by atoms with Gasteiger partial charge in [-0.1, -0.05) is 23.3 Å². The second-order valence-electron chi connectivity index (χ2n) is 3.84. The highest BCUT2D eigenvalue weighted by Crippen LogP contribution is 2.30. The maximum Gasteiger partial charge on any atom is 0.147 e. The van der Waals surface area contributed by atoms with Crippen molar-refractivity contribution < 1.29 is 14.2 Å². The van der Waals surface area contributed by atoms with Crippen LogP contribution in [-0.2, 0) is 9.47 Å². The van der Waals surface area contributed by atoms with Crippen LogP contribution in [0.1, 0.15) is 18.1 Å². The van der Waals surface area contributed by atoms with Gasteiger partial charge in [0.1, 0.15) is 18.6 Å². The number of nitrogens with zero attached hydrogens (tertiary/aromatic N) is 3. The van der Waals surface area contributed by atoms with E-state index in [0.717, 1.165) is 11.3 Å². The molecule has 0 N–H and O–H groups in total. The molecule has 1 unspecified atom stereocenters. The van der Waals surface area contributed by atoms with Gasteiger partial charge in [-0.15, -0.1) is 0 Å². The van der Waals surface area contributed by atoms with Gasteiger partial charge in [0.05, 0.1) is 13.2 Å². The molecule has 1 fully saturated rings. The minimum Gasteiger partial charge on any atom is -0.493 e. The summed E-state index contributed by atoms with van der Waals surface area (Å²) in [5.41, 5.74) is 9.16. The summed E-state index contributed by atoms with van der Waals surface area (Å²) < 4.78 is 16.3. The molecule has 1 aliphatic heterocycles. The van der Waals surface area contributed by atoms with Crippen molar-refractivity contribution in [2.75, 3.05) is 26.6 Å². The molecular weight excluding hydrogens is 234 g/mol. The molecule has 0 amide bonds. The Morgan fingerprint density at radius 1 is 1.44 bits per heavy atom. The summed E-state index contributed by atoms with van der Waals surface area (Å²) in [6.07, 6.45) is 0.638. The molecule has 1 atom stereocenters. The van der Waals surface area contributed by atoms with E-state index in [2.05, 4.69) is 10.0 Å². The predicted octanol–water partition coefficient (Wildman–Crippen LogP) is 2.81. The topological polar surface area (TPSA) is 76.5 Å². The van der Waals surface area contributed by atoms with Gasteiger partial charge in [-0.3, -0.25) is 0 Å². The van der Waals surface area contributed by atoms with Crippen molar-refractivity contribution >= 4 is 0 Å². The van der Waals surface area contributed by atoms with Crippen molar-refractivity contribution in [3.8, 4) is 5.75 Å². The minimum atomic E-state index is -0.0571. The fourth-order valence-electron chi connectivity index (χ4n) is 1.75. The molecule has 0 aliphatic carbocycles. The van der Waals surface area contributed by atoms with Crippen LogP contribution in [-0.4, -0.2) is 26.6 Å². The Bertz CT molecular complexity index is 426. The van der Waals surface area contributed by atoms with Gasteiger partial charge in [-0.25, -0.2) is 0 Å². The number of benzene rings is 1. The molecule has 1 aromatic carbocycles. The average Bonchev–Trinajstić information content (AvgIpc) is 2.93. The molecule has 6 heteroatoms. The van der Waals surface area contributed by atoms with E-state index in [0.29, 0.717) is 33.0 Å². The van der Waals surface area contributed by atoms with Crippen molar-refractivity contribution in [3.63, 3.8) is 0 Å². The van der Waals surface area contributed by atoms with E-state index in [1.807, 2.05) is 24.3 Å². The van der Waals surface area contributed by atoms with Crippen LogP contribution in [0.3, 0.4) is 0 Å². The number of para-hydroxylation sites is 1. The highest BCUT2D eigenvalue weighted by molar-refractivity contribution is 5.35. The van der Waals surface area contributed by atoms with Crippen molar-refractivity contribution in [3.05, 3.63) is 40.3 Å². The first-order valence-corrected chi connectivity index (χ1v) is 5.84. The number of hydrogen-bond donors (Lipinski definition) is 0. The molecule has 1 aliphatic rings. The molecule has 2 rings (SSSR count). The summed E-state index contributed by atoms with van der Waals surface area (Å²) in [4.78, 5) is 2.69. The van der Waals surface area contributed by atoms with Gasteiger partial charge in [0, 0.05) is 17.0 Å². The molecule has 0 aromatic heterocycles. The Balaban J connectivity index is 1.92. The Hall–Kier alpha value is -1.75. The van der Waals surface area contributed by atoms with Gasteiger partial charge in [-0.05, 0) is 18.0 Å². The van der Waals surface area contributed by atoms with Gasteiger partial charge < -0.3 is 14.2 Å². The van der Waals surface area contributed by atoms with Gasteiger partial charge in [0.15, 0.2) is 0 Å². The third-order valence-electron chi connectivity index (χ3n) is 2.61. The predicted molar refractivity (Wildman–Crippen MR) is 65.2 cm³/mol. The largest absolute Gasteiger partial charge is 0.493 e. The van der Waals surface area contributed by atoms with Crippen molar-refractivity contribution in [2.45, 2.75) is 12.5 Å². The first kappa shape index (κ1) is 12.7. The third-order valence-corrected chi connectivity index (χ3v) is 2.61. The average molecular weight is 249 g/mol. The number of hydrogen-bond acceptors (Lipinski definition) is 4. The van der Waals surface area contributed by atoms with E-state index in [4.69, 9.17) is 19.7 Å². The molecule has 1 aromatic rings. The molecule has 0 radical (unpaired) electrons. The molecule has 96 valence electrons. The Kier molecular flexibility index (Phi) is 4.84. The molecule has 0 spiro atoms. The van der Waals surface area contributed by atoms with E-state index in [1.165, 1.54) is 0 Å². The fourth-order valence-corrected chi connectivity index (χ4v) is 1.75. The lowest BCUT2D eigenvalue weighted by Crippen LogP contribution is -2.06. The molecule has 1 heterocycles. The normalized spacial score (nSPS) is 18.3. The van der Waals surface area contributed by atoms with Crippen LogP contribution in [0.15, 0.2) is 29.4 Å². The van der Waals surface area contributed by atoms with E-state index in [-0.39, 0.29) is 6.10 Å². The summed E-state index contributed by atoms with van der Waals surface area (Å²) >= 11 is 0. The Morgan fingerprint density at radius 3 is 3.11 bits per heavy atom. The fraction of sp³-hybridized carbons (Fsp3) is 0.500. The first-order valence-electron chi connectivity index (χ1n) is 5.84. The second-order valence-corrected chi connectivity index (χ2v) is 3.84. The van der Waals surface area contributed by atoms with Gasteiger partial charge in [0.2, 0.25) is 0 Å². The molecule has 6 nitrogen and oxygen atoms in total. The maximum absolute atomic E-state index is 8.16.